The minimum atomic E-state index is -1.52. The molecule has 0 radical (unpaired) electrons. The first kappa shape index (κ1) is 21.7. The highest BCUT2D eigenvalue weighted by Crippen LogP contribution is 2.30. The van der Waals surface area contributed by atoms with Crippen molar-refractivity contribution in [3.63, 3.8) is 0 Å². The third-order valence-corrected chi connectivity index (χ3v) is 5.98. The molecule has 8 nitrogen and oxygen atoms in total. The molecular weight excluding hydrogens is 415 g/mol. The predicted octanol–water partition coefficient (Wildman–Crippen LogP) is 1.85. The van der Waals surface area contributed by atoms with E-state index in [2.05, 4.69) is 11.4 Å². The zero-order valence-electron chi connectivity index (χ0n) is 17.6. The van der Waals surface area contributed by atoms with Crippen LogP contribution < -0.4 is 16.8 Å². The van der Waals surface area contributed by atoms with Crippen LogP contribution in [0.3, 0.4) is 0 Å². The SMILES string of the molecule is Cn1c(=O)oc2ccc(-c3ccc(C[C@@H](C#N)C4(C(N)=O)CNCCCO4)c(F)c3)cc21. The van der Waals surface area contributed by atoms with Gasteiger partial charge in [-0.05, 0) is 54.3 Å². The summed E-state index contributed by atoms with van der Waals surface area (Å²) in [5.74, 6) is -2.68. The van der Waals surface area contributed by atoms with Crippen LogP contribution in [0.25, 0.3) is 22.2 Å². The van der Waals surface area contributed by atoms with Crippen LogP contribution in [-0.2, 0) is 23.0 Å². The van der Waals surface area contributed by atoms with Gasteiger partial charge in [0.15, 0.2) is 11.2 Å². The number of hydrogen-bond donors (Lipinski definition) is 2. The molecular formula is C23H23FN4O4. The zero-order valence-corrected chi connectivity index (χ0v) is 17.6. The first-order chi connectivity index (χ1) is 15.4. The Morgan fingerprint density at radius 3 is 2.81 bits per heavy atom. The summed E-state index contributed by atoms with van der Waals surface area (Å²) in [6, 6.07) is 11.9. The van der Waals surface area contributed by atoms with Crippen molar-refractivity contribution >= 4 is 17.0 Å². The Bertz CT molecular complexity index is 1270. The number of carbonyl (C=O) groups is 1. The van der Waals surface area contributed by atoms with Crippen molar-refractivity contribution in [3.05, 3.63) is 58.3 Å². The summed E-state index contributed by atoms with van der Waals surface area (Å²) in [7, 11) is 1.60. The Morgan fingerprint density at radius 1 is 1.34 bits per heavy atom. The molecule has 0 spiro atoms. The lowest BCUT2D eigenvalue weighted by Crippen LogP contribution is -2.57. The van der Waals surface area contributed by atoms with Gasteiger partial charge in [-0.3, -0.25) is 9.36 Å². The number of nitriles is 1. The molecule has 1 amide bonds. The predicted molar refractivity (Wildman–Crippen MR) is 115 cm³/mol. The van der Waals surface area contributed by atoms with Crippen LogP contribution >= 0.6 is 0 Å². The number of ether oxygens (including phenoxy) is 1. The molecule has 32 heavy (non-hydrogen) atoms. The summed E-state index contributed by atoms with van der Waals surface area (Å²) in [5.41, 5.74) is 6.74. The first-order valence-corrected chi connectivity index (χ1v) is 10.3. The standard InChI is InChI=1S/C23H23FN4O4/c1-28-19-11-15(5-6-20(19)32-22(28)30)14-3-4-16(18(24)10-14)9-17(12-25)23(21(26)29)13-27-7-2-8-31-23/h3-6,10-11,17,27H,2,7-9,13H2,1H3,(H2,26,29)/t17-,23?/m0/s1. The van der Waals surface area contributed by atoms with E-state index in [-0.39, 0.29) is 25.1 Å². The van der Waals surface area contributed by atoms with Crippen molar-refractivity contribution in [2.75, 3.05) is 19.7 Å². The molecule has 2 aromatic carbocycles. The summed E-state index contributed by atoms with van der Waals surface area (Å²) in [5, 5.41) is 12.9. The van der Waals surface area contributed by atoms with Crippen LogP contribution in [0.15, 0.2) is 45.6 Å². The van der Waals surface area contributed by atoms with Gasteiger partial charge in [0.1, 0.15) is 5.82 Å². The van der Waals surface area contributed by atoms with Crippen LogP contribution in [-0.4, -0.2) is 35.8 Å². The van der Waals surface area contributed by atoms with Gasteiger partial charge in [0.05, 0.1) is 17.5 Å². The lowest BCUT2D eigenvalue weighted by Gasteiger charge is -2.33. The number of aromatic nitrogens is 1. The van der Waals surface area contributed by atoms with Crippen molar-refractivity contribution in [3.8, 4) is 17.2 Å². The summed E-state index contributed by atoms with van der Waals surface area (Å²) < 4.78 is 27.3. The molecule has 1 saturated heterocycles. The normalized spacial score (nSPS) is 19.9. The number of primary amides is 1. The minimum absolute atomic E-state index is 0.0253. The van der Waals surface area contributed by atoms with Gasteiger partial charge >= 0.3 is 5.76 Å². The van der Waals surface area contributed by atoms with Crippen molar-refractivity contribution in [2.24, 2.45) is 18.7 Å². The Labute approximate surface area is 183 Å². The van der Waals surface area contributed by atoms with Crippen LogP contribution in [0.2, 0.25) is 0 Å². The summed E-state index contributed by atoms with van der Waals surface area (Å²) in [6.45, 7) is 1.03. The van der Waals surface area contributed by atoms with Crippen molar-refractivity contribution in [1.82, 2.24) is 9.88 Å². The van der Waals surface area contributed by atoms with E-state index in [9.17, 15) is 14.9 Å². The number of benzene rings is 2. The van der Waals surface area contributed by atoms with Gasteiger partial charge in [0.2, 0.25) is 0 Å². The van der Waals surface area contributed by atoms with Gasteiger partial charge < -0.3 is 20.2 Å². The van der Waals surface area contributed by atoms with Crippen LogP contribution in [0.1, 0.15) is 12.0 Å². The average molecular weight is 438 g/mol. The lowest BCUT2D eigenvalue weighted by atomic mass is 9.82. The molecule has 0 aliphatic carbocycles. The first-order valence-electron chi connectivity index (χ1n) is 10.3. The fourth-order valence-corrected chi connectivity index (χ4v) is 4.06. The number of hydrogen-bond acceptors (Lipinski definition) is 6. The number of rotatable bonds is 5. The number of fused-ring (bicyclic) bond motifs is 1. The smallest absolute Gasteiger partial charge is 0.408 e. The Balaban J connectivity index is 1.64. The molecule has 1 fully saturated rings. The van der Waals surface area contributed by atoms with Gasteiger partial charge in [0.25, 0.3) is 5.91 Å². The molecule has 166 valence electrons. The second kappa shape index (κ2) is 8.57. The van der Waals surface area contributed by atoms with Gasteiger partial charge in [-0.15, -0.1) is 0 Å². The second-order valence-electron chi connectivity index (χ2n) is 7.93. The van der Waals surface area contributed by atoms with Gasteiger partial charge in [-0.1, -0.05) is 18.2 Å². The zero-order chi connectivity index (χ0) is 22.9. The number of nitrogens with one attached hydrogen (secondary N) is 1. The van der Waals surface area contributed by atoms with Crippen molar-refractivity contribution in [1.29, 1.82) is 5.26 Å². The molecule has 1 aliphatic rings. The van der Waals surface area contributed by atoms with E-state index in [0.717, 1.165) is 0 Å². The maximum atomic E-state index is 15.0. The summed E-state index contributed by atoms with van der Waals surface area (Å²) in [6.07, 6.45) is 0.658. The van der Waals surface area contributed by atoms with Crippen LogP contribution in [0.4, 0.5) is 4.39 Å². The molecule has 0 saturated carbocycles. The number of halogens is 1. The molecule has 2 heterocycles. The van der Waals surface area contributed by atoms with E-state index in [1.165, 1.54) is 10.6 Å². The van der Waals surface area contributed by atoms with E-state index in [4.69, 9.17) is 14.9 Å². The topological polar surface area (TPSA) is 123 Å². The Morgan fingerprint density at radius 2 is 2.09 bits per heavy atom. The number of nitrogens with zero attached hydrogens (tertiary/aromatic N) is 2. The van der Waals surface area contributed by atoms with Gasteiger partial charge in [-0.25, -0.2) is 9.18 Å². The van der Waals surface area contributed by atoms with Crippen molar-refractivity contribution < 1.29 is 18.3 Å². The lowest BCUT2D eigenvalue weighted by molar-refractivity contribution is -0.147. The molecule has 0 bridgehead atoms. The maximum absolute atomic E-state index is 15.0. The fourth-order valence-electron chi connectivity index (χ4n) is 4.06. The highest BCUT2D eigenvalue weighted by Gasteiger charge is 2.46. The van der Waals surface area contributed by atoms with E-state index < -0.39 is 29.0 Å². The molecule has 9 heteroatoms. The quantitative estimate of drug-likeness (QED) is 0.627. The fraction of sp³-hybridized carbons (Fsp3) is 0.348. The number of oxazole rings is 1. The number of carbonyl (C=O) groups excluding carboxylic acids is 1. The highest BCUT2D eigenvalue weighted by molar-refractivity contribution is 5.85. The molecule has 2 atom stereocenters. The van der Waals surface area contributed by atoms with Crippen LogP contribution in [0, 0.1) is 23.1 Å². The van der Waals surface area contributed by atoms with E-state index >= 15 is 4.39 Å². The monoisotopic (exact) mass is 438 g/mol. The summed E-state index contributed by atoms with van der Waals surface area (Å²) >= 11 is 0. The Kier molecular flexibility index (Phi) is 5.82. The van der Waals surface area contributed by atoms with Crippen molar-refractivity contribution in [2.45, 2.75) is 18.4 Å². The molecule has 1 unspecified atom stereocenters. The Hall–Kier alpha value is -3.48. The molecule has 3 aromatic rings. The largest absolute Gasteiger partial charge is 0.419 e. The van der Waals surface area contributed by atoms with E-state index in [0.29, 0.717) is 35.2 Å². The average Bonchev–Trinajstić information content (AvgIpc) is 2.95. The van der Waals surface area contributed by atoms with Gasteiger partial charge in [-0.2, -0.15) is 5.26 Å². The summed E-state index contributed by atoms with van der Waals surface area (Å²) in [4.78, 5) is 24.0. The highest BCUT2D eigenvalue weighted by atomic mass is 19.1. The number of amides is 1. The number of aryl methyl sites for hydroxylation is 1. The third kappa shape index (κ3) is 3.79. The van der Waals surface area contributed by atoms with E-state index in [1.54, 1.807) is 37.4 Å². The van der Waals surface area contributed by atoms with Gasteiger partial charge in [0, 0.05) is 20.2 Å². The molecule has 4 rings (SSSR count). The molecule has 1 aliphatic heterocycles. The minimum Gasteiger partial charge on any atom is -0.408 e. The van der Waals surface area contributed by atoms with E-state index in [1.807, 2.05) is 0 Å². The third-order valence-electron chi connectivity index (χ3n) is 5.98. The second-order valence-corrected chi connectivity index (χ2v) is 7.93. The molecule has 1 aromatic heterocycles. The maximum Gasteiger partial charge on any atom is 0.419 e. The molecule has 3 N–H and O–H groups in total. The number of nitrogens with two attached hydrogens (primary N) is 1. The van der Waals surface area contributed by atoms with Crippen LogP contribution in [0.5, 0.6) is 0 Å².